The van der Waals surface area contributed by atoms with E-state index in [1.54, 1.807) is 0 Å². The van der Waals surface area contributed by atoms with E-state index in [2.05, 4.69) is 16.7 Å². The first-order valence-electron chi connectivity index (χ1n) is 5.67. The highest BCUT2D eigenvalue weighted by Gasteiger charge is 2.22. The third-order valence-electron chi connectivity index (χ3n) is 3.26. The minimum Gasteiger partial charge on any atom is -0.465 e. The number of hydrogen-bond donors (Lipinski definition) is 0. The highest BCUT2D eigenvalue weighted by atomic mass is 16.5. The van der Waals surface area contributed by atoms with Crippen molar-refractivity contribution in [2.24, 2.45) is 0 Å². The van der Waals surface area contributed by atoms with E-state index in [9.17, 15) is 4.79 Å². The van der Waals surface area contributed by atoms with Crippen molar-refractivity contribution in [3.05, 3.63) is 47.7 Å². The molecule has 0 N–H and O–H groups in total. The second kappa shape index (κ2) is 3.77. The number of methoxy groups -OCH3 is 1. The zero-order valence-corrected chi connectivity index (χ0v) is 9.64. The lowest BCUT2D eigenvalue weighted by atomic mass is 9.96. The Morgan fingerprint density at radius 1 is 1.29 bits per heavy atom. The minimum atomic E-state index is -0.268. The van der Waals surface area contributed by atoms with Crippen LogP contribution in [-0.4, -0.2) is 17.6 Å². The van der Waals surface area contributed by atoms with Crippen molar-refractivity contribution < 1.29 is 9.53 Å². The normalized spacial score (nSPS) is 12.8. The number of aromatic nitrogens is 1. The van der Waals surface area contributed by atoms with Gasteiger partial charge in [-0.05, 0) is 18.1 Å². The Morgan fingerprint density at radius 3 is 2.94 bits per heavy atom. The Morgan fingerprint density at radius 2 is 2.12 bits per heavy atom. The third-order valence-corrected chi connectivity index (χ3v) is 3.26. The molecule has 2 heterocycles. The highest BCUT2D eigenvalue weighted by Crippen LogP contribution is 2.32. The lowest BCUT2D eigenvalue weighted by Crippen LogP contribution is -2.12. The maximum atomic E-state index is 11.7. The summed E-state index contributed by atoms with van der Waals surface area (Å²) in [4.78, 5) is 11.7. The van der Waals surface area contributed by atoms with Crippen molar-refractivity contribution in [3.63, 3.8) is 0 Å². The van der Waals surface area contributed by atoms with Crippen LogP contribution in [0, 0.1) is 0 Å². The average molecular weight is 227 g/mol. The van der Waals surface area contributed by atoms with Gasteiger partial charge in [-0.15, -0.1) is 0 Å². The van der Waals surface area contributed by atoms with Crippen LogP contribution < -0.4 is 0 Å². The van der Waals surface area contributed by atoms with Crippen molar-refractivity contribution in [3.8, 4) is 11.3 Å². The summed E-state index contributed by atoms with van der Waals surface area (Å²) in [7, 11) is 1.42. The summed E-state index contributed by atoms with van der Waals surface area (Å²) >= 11 is 0. The number of ether oxygens (including phenoxy) is 1. The fourth-order valence-corrected chi connectivity index (χ4v) is 2.44. The number of carbonyl (C=O) groups excluding carboxylic acids is 1. The van der Waals surface area contributed by atoms with Crippen molar-refractivity contribution in [2.75, 3.05) is 7.11 Å². The molecule has 0 fully saturated rings. The molecule has 0 saturated carbocycles. The minimum absolute atomic E-state index is 0.268. The number of nitrogens with zero attached hydrogens (tertiary/aromatic N) is 1. The molecule has 0 radical (unpaired) electrons. The summed E-state index contributed by atoms with van der Waals surface area (Å²) in [6, 6.07) is 10.1. The quantitative estimate of drug-likeness (QED) is 0.701. The number of carbonyl (C=O) groups is 1. The first-order valence-corrected chi connectivity index (χ1v) is 5.67. The molecule has 1 aliphatic rings. The molecule has 0 aliphatic carbocycles. The van der Waals surface area contributed by atoms with Crippen LogP contribution in [0.4, 0.5) is 0 Å². The molecular formula is C14H13NO2. The Labute approximate surface area is 99.6 Å². The first-order chi connectivity index (χ1) is 8.31. The molecule has 0 spiro atoms. The second-order valence-electron chi connectivity index (χ2n) is 4.17. The molecule has 1 aliphatic heterocycles. The molecule has 1 aromatic carbocycles. The molecule has 3 rings (SSSR count). The lowest BCUT2D eigenvalue weighted by molar-refractivity contribution is 0.0601. The van der Waals surface area contributed by atoms with Crippen LogP contribution in [0.25, 0.3) is 11.3 Å². The SMILES string of the molecule is COC(=O)c1ccn2c1-c1ccccc1CC2. The van der Waals surface area contributed by atoms with Gasteiger partial charge in [0.15, 0.2) is 0 Å². The molecule has 0 unspecified atom stereocenters. The Hall–Kier alpha value is -2.03. The molecule has 0 atom stereocenters. The number of fused-ring (bicyclic) bond motifs is 3. The summed E-state index contributed by atoms with van der Waals surface area (Å²) < 4.78 is 6.94. The van der Waals surface area contributed by atoms with Gasteiger partial charge < -0.3 is 9.30 Å². The zero-order valence-electron chi connectivity index (χ0n) is 9.64. The summed E-state index contributed by atoms with van der Waals surface area (Å²) in [5, 5.41) is 0. The van der Waals surface area contributed by atoms with E-state index in [0.717, 1.165) is 24.2 Å². The van der Waals surface area contributed by atoms with Crippen molar-refractivity contribution in [2.45, 2.75) is 13.0 Å². The predicted octanol–water partition coefficient (Wildman–Crippen LogP) is 2.50. The van der Waals surface area contributed by atoms with Gasteiger partial charge in [-0.2, -0.15) is 0 Å². The van der Waals surface area contributed by atoms with Crippen LogP contribution in [0.5, 0.6) is 0 Å². The fourth-order valence-electron chi connectivity index (χ4n) is 2.44. The van der Waals surface area contributed by atoms with E-state index < -0.39 is 0 Å². The van der Waals surface area contributed by atoms with Crippen molar-refractivity contribution in [1.82, 2.24) is 4.57 Å². The molecule has 2 aromatic rings. The zero-order chi connectivity index (χ0) is 11.8. The Bertz CT molecular complexity index is 584. The van der Waals surface area contributed by atoms with Gasteiger partial charge >= 0.3 is 5.97 Å². The first kappa shape index (κ1) is 10.1. The largest absolute Gasteiger partial charge is 0.465 e. The summed E-state index contributed by atoms with van der Waals surface area (Å²) in [5.74, 6) is -0.268. The van der Waals surface area contributed by atoms with Gasteiger partial charge in [0, 0.05) is 18.3 Å². The van der Waals surface area contributed by atoms with Crippen LogP contribution in [0.3, 0.4) is 0 Å². The van der Waals surface area contributed by atoms with Gasteiger partial charge in [-0.3, -0.25) is 0 Å². The molecule has 3 heteroatoms. The van der Waals surface area contributed by atoms with Crippen molar-refractivity contribution in [1.29, 1.82) is 0 Å². The molecule has 1 aromatic heterocycles. The van der Waals surface area contributed by atoms with Gasteiger partial charge in [-0.1, -0.05) is 24.3 Å². The van der Waals surface area contributed by atoms with Gasteiger partial charge in [0.2, 0.25) is 0 Å². The average Bonchev–Trinajstić information content (AvgIpc) is 2.82. The number of aryl methyl sites for hydroxylation is 2. The Balaban J connectivity index is 2.22. The molecule has 86 valence electrons. The number of rotatable bonds is 1. The van der Waals surface area contributed by atoms with Gasteiger partial charge in [0.05, 0.1) is 18.4 Å². The molecule has 17 heavy (non-hydrogen) atoms. The summed E-state index contributed by atoms with van der Waals surface area (Å²) in [6.07, 6.45) is 2.97. The molecule has 0 saturated heterocycles. The van der Waals surface area contributed by atoms with E-state index in [0.29, 0.717) is 5.56 Å². The maximum Gasteiger partial charge on any atom is 0.340 e. The maximum absolute atomic E-state index is 11.7. The van der Waals surface area contributed by atoms with Crippen LogP contribution in [0.2, 0.25) is 0 Å². The number of benzene rings is 1. The monoisotopic (exact) mass is 227 g/mol. The Kier molecular flexibility index (Phi) is 2.25. The molecule has 3 nitrogen and oxygen atoms in total. The summed E-state index contributed by atoms with van der Waals surface area (Å²) in [5.41, 5.74) is 4.08. The predicted molar refractivity (Wildman–Crippen MR) is 64.9 cm³/mol. The van der Waals surface area contributed by atoms with Crippen LogP contribution in [0.15, 0.2) is 36.5 Å². The summed E-state index contributed by atoms with van der Waals surface area (Å²) in [6.45, 7) is 0.920. The van der Waals surface area contributed by atoms with Gasteiger partial charge in [-0.25, -0.2) is 4.79 Å². The van der Waals surface area contributed by atoms with Crippen LogP contribution in [0.1, 0.15) is 15.9 Å². The smallest absolute Gasteiger partial charge is 0.340 e. The van der Waals surface area contributed by atoms with E-state index in [1.165, 1.54) is 12.7 Å². The lowest BCUT2D eigenvalue weighted by Gasteiger charge is -2.20. The van der Waals surface area contributed by atoms with E-state index in [-0.39, 0.29) is 5.97 Å². The second-order valence-corrected chi connectivity index (χ2v) is 4.17. The molecular weight excluding hydrogens is 214 g/mol. The number of esters is 1. The topological polar surface area (TPSA) is 31.2 Å². The fraction of sp³-hybridized carbons (Fsp3) is 0.214. The van der Waals surface area contributed by atoms with Gasteiger partial charge in [0.25, 0.3) is 0 Å². The van der Waals surface area contributed by atoms with Crippen LogP contribution in [-0.2, 0) is 17.7 Å². The van der Waals surface area contributed by atoms with Gasteiger partial charge in [0.1, 0.15) is 0 Å². The number of hydrogen-bond acceptors (Lipinski definition) is 2. The van der Waals surface area contributed by atoms with Crippen LogP contribution >= 0.6 is 0 Å². The standard InChI is InChI=1S/C14H13NO2/c1-17-14(16)12-7-9-15-8-6-10-4-2-3-5-11(10)13(12)15/h2-5,7,9H,6,8H2,1H3. The van der Waals surface area contributed by atoms with E-state index in [4.69, 9.17) is 4.74 Å². The molecule has 0 bridgehead atoms. The third kappa shape index (κ3) is 1.46. The van der Waals surface area contributed by atoms with E-state index in [1.807, 2.05) is 24.4 Å². The van der Waals surface area contributed by atoms with Crippen molar-refractivity contribution >= 4 is 5.97 Å². The highest BCUT2D eigenvalue weighted by molar-refractivity contribution is 5.97. The molecule has 0 amide bonds. The van der Waals surface area contributed by atoms with E-state index >= 15 is 0 Å².